The Morgan fingerprint density at radius 1 is 0.289 bits per heavy atom. The molecular formula is C22H48S16. The van der Waals surface area contributed by atoms with E-state index in [1.807, 2.05) is 47.0 Å². The summed E-state index contributed by atoms with van der Waals surface area (Å²) in [6, 6.07) is 0. The molecule has 16 heteroatoms. The van der Waals surface area contributed by atoms with Crippen molar-refractivity contribution < 1.29 is 0 Å². The molecule has 0 heterocycles. The Kier molecular flexibility index (Phi) is 42.7. The minimum Gasteiger partial charge on any atom is -0.179 e. The summed E-state index contributed by atoms with van der Waals surface area (Å²) in [5.41, 5.74) is 0.782. The summed E-state index contributed by atoms with van der Waals surface area (Å²) >= 11 is 50.5. The van der Waals surface area contributed by atoms with E-state index in [1.165, 1.54) is 46.0 Å². The van der Waals surface area contributed by atoms with Gasteiger partial charge in [-0.1, -0.05) is 0 Å². The van der Waals surface area contributed by atoms with Crippen molar-refractivity contribution in [3.8, 4) is 0 Å². The second kappa shape index (κ2) is 35.5. The molecular weight excluding hydrogens is 777 g/mol. The van der Waals surface area contributed by atoms with Crippen molar-refractivity contribution in [2.45, 2.75) is 0 Å². The molecule has 0 unspecified atom stereocenters. The van der Waals surface area contributed by atoms with Crippen molar-refractivity contribution >= 4 is 195 Å². The largest absolute Gasteiger partial charge is 0.179 e. The third-order valence-corrected chi connectivity index (χ3v) is 18.1. The van der Waals surface area contributed by atoms with Crippen LogP contribution in [0.2, 0.25) is 0 Å². The molecule has 0 radical (unpaired) electrons. The average Bonchev–Trinajstić information content (AvgIpc) is 2.93. The lowest BCUT2D eigenvalue weighted by Gasteiger charge is -2.33. The Morgan fingerprint density at radius 3 is 0.632 bits per heavy atom. The first-order valence-electron chi connectivity index (χ1n) is 12.0. The number of thiol groups is 8. The first kappa shape index (κ1) is 45.7. The van der Waals surface area contributed by atoms with E-state index in [0.29, 0.717) is 10.8 Å². The maximum atomic E-state index is 4.34. The number of thioether (sulfide) groups is 8. The zero-order valence-corrected chi connectivity index (χ0v) is 35.7. The zero-order chi connectivity index (χ0) is 28.8. The second-order valence-electron chi connectivity index (χ2n) is 8.02. The number of rotatable bonds is 28. The minimum absolute atomic E-state index is 0.363. The minimum atomic E-state index is 0.363. The lowest BCUT2D eigenvalue weighted by molar-refractivity contribution is 0.516. The molecule has 0 aromatic rings. The van der Waals surface area contributed by atoms with Gasteiger partial charge in [0.25, 0.3) is 0 Å². The molecule has 0 fully saturated rings. The molecule has 0 rings (SSSR count). The Hall–Kier alpha value is 5.60. The zero-order valence-electron chi connectivity index (χ0n) is 22.0. The first-order valence-corrected chi connectivity index (χ1v) is 26.3. The third kappa shape index (κ3) is 27.9. The van der Waals surface area contributed by atoms with Crippen LogP contribution in [0.4, 0.5) is 0 Å². The summed E-state index contributed by atoms with van der Waals surface area (Å²) in [6.45, 7) is 0. The van der Waals surface area contributed by atoms with Gasteiger partial charge < -0.3 is 0 Å². The molecule has 0 saturated carbocycles. The molecule has 0 saturated heterocycles. The Balaban J connectivity index is 0. The maximum absolute atomic E-state index is 4.34. The lowest BCUT2D eigenvalue weighted by atomic mass is 9.99. The van der Waals surface area contributed by atoms with Crippen LogP contribution in [0.1, 0.15) is 0 Å². The van der Waals surface area contributed by atoms with E-state index in [-0.39, 0.29) is 0 Å². The Labute approximate surface area is 314 Å². The molecule has 0 nitrogen and oxygen atoms in total. The van der Waals surface area contributed by atoms with Crippen molar-refractivity contribution in [2.24, 2.45) is 10.8 Å². The predicted molar refractivity (Wildman–Crippen MR) is 235 cm³/mol. The van der Waals surface area contributed by atoms with Gasteiger partial charge in [0, 0.05) is 100 Å². The van der Waals surface area contributed by atoms with Crippen LogP contribution in [-0.4, -0.2) is 112 Å². The molecule has 232 valence electrons. The summed E-state index contributed by atoms with van der Waals surface area (Å²) in [7, 11) is 0. The van der Waals surface area contributed by atoms with Crippen LogP contribution < -0.4 is 0 Å². The van der Waals surface area contributed by atoms with Gasteiger partial charge in [-0.05, 0) is 23.0 Å². The fraction of sp³-hybridized carbons (Fsp3) is 1.00. The molecule has 0 bridgehead atoms. The summed E-state index contributed by atoms with van der Waals surface area (Å²) < 4.78 is 0. The van der Waals surface area contributed by atoms with E-state index in [1.54, 1.807) is 0 Å². The highest BCUT2D eigenvalue weighted by Crippen LogP contribution is 2.37. The molecule has 0 aliphatic heterocycles. The van der Waals surface area contributed by atoms with Gasteiger partial charge in [0.1, 0.15) is 0 Å². The van der Waals surface area contributed by atoms with Crippen LogP contribution in [0.5, 0.6) is 0 Å². The van der Waals surface area contributed by atoms with Crippen LogP contribution in [-0.2, 0) is 0 Å². The van der Waals surface area contributed by atoms with Gasteiger partial charge in [0.15, 0.2) is 0 Å². The van der Waals surface area contributed by atoms with Gasteiger partial charge in [-0.3, -0.25) is 0 Å². The summed E-state index contributed by atoms with van der Waals surface area (Å²) in [6.07, 6.45) is 0. The molecule has 0 N–H and O–H groups in total. The van der Waals surface area contributed by atoms with E-state index < -0.39 is 0 Å². The molecule has 0 aliphatic carbocycles. The highest BCUT2D eigenvalue weighted by molar-refractivity contribution is 8.11. The quantitative estimate of drug-likeness (QED) is 0.0221. The van der Waals surface area contributed by atoms with E-state index in [0.717, 1.165) is 66.4 Å². The van der Waals surface area contributed by atoms with Crippen LogP contribution in [0.15, 0.2) is 0 Å². The molecule has 0 aromatic carbocycles. The fourth-order valence-electron chi connectivity index (χ4n) is 2.96. The number of hydrogen-bond donors (Lipinski definition) is 8. The van der Waals surface area contributed by atoms with Crippen molar-refractivity contribution in [1.29, 1.82) is 0 Å². The number of hydrogen-bond acceptors (Lipinski definition) is 16. The van der Waals surface area contributed by atoms with Gasteiger partial charge in [0.05, 0.1) is 0 Å². The van der Waals surface area contributed by atoms with Gasteiger partial charge >= 0.3 is 0 Å². The van der Waals surface area contributed by atoms with E-state index in [9.17, 15) is 0 Å². The SMILES string of the molecule is SCCSCC(CSCCS)(CSCCS)CSCCS.SCSCC(CSCS)(CSCS)CSCS. The Morgan fingerprint density at radius 2 is 0.474 bits per heavy atom. The predicted octanol–water partition coefficient (Wildman–Crippen LogP) is 9.08. The topological polar surface area (TPSA) is 0 Å². The maximum Gasteiger partial charge on any atom is 0.0362 e. The molecule has 0 aromatic heterocycles. The molecule has 0 amide bonds. The molecule has 0 spiro atoms. The first-order chi connectivity index (χ1) is 18.5. The highest BCUT2D eigenvalue weighted by Gasteiger charge is 2.31. The van der Waals surface area contributed by atoms with Gasteiger partial charge in [-0.2, -0.15) is 195 Å². The molecule has 38 heavy (non-hydrogen) atoms. The van der Waals surface area contributed by atoms with Gasteiger partial charge in [-0.15, -0.1) is 0 Å². The second-order valence-corrected chi connectivity index (χ2v) is 21.1. The van der Waals surface area contributed by atoms with Crippen LogP contribution in [0.3, 0.4) is 0 Å². The summed E-state index contributed by atoms with van der Waals surface area (Å²) in [4.78, 5) is 0. The van der Waals surface area contributed by atoms with Gasteiger partial charge in [-0.25, -0.2) is 0 Å². The highest BCUT2D eigenvalue weighted by atomic mass is 32.2. The van der Waals surface area contributed by atoms with E-state index in [2.05, 4.69) is 148 Å². The Bertz CT molecular complexity index is 376. The summed E-state index contributed by atoms with van der Waals surface area (Å²) in [5, 5.41) is 3.57. The standard InChI is InChI=1S/C13H28S8.C9H20S8/c14-1-5-18-9-13(10-19-6-2-15,11-20-7-3-16)12-21-8-4-17;10-5-14-1-9(2-15-6-11,3-16-7-12)4-17-8-13/h14-17H,1-12H2;10-13H,1-8H2. The smallest absolute Gasteiger partial charge is 0.0362 e. The van der Waals surface area contributed by atoms with Crippen molar-refractivity contribution in [2.75, 3.05) is 112 Å². The third-order valence-electron chi connectivity index (χ3n) is 4.57. The van der Waals surface area contributed by atoms with Crippen LogP contribution in [0, 0.1) is 10.8 Å². The fourth-order valence-corrected chi connectivity index (χ4v) is 14.5. The van der Waals surface area contributed by atoms with Gasteiger partial charge in [0.2, 0.25) is 0 Å². The summed E-state index contributed by atoms with van der Waals surface area (Å²) in [5.74, 6) is 18.1. The monoisotopic (exact) mass is 824 g/mol. The van der Waals surface area contributed by atoms with Crippen LogP contribution in [0.25, 0.3) is 0 Å². The van der Waals surface area contributed by atoms with Crippen LogP contribution >= 0.6 is 195 Å². The van der Waals surface area contributed by atoms with E-state index in [4.69, 9.17) is 0 Å². The molecule has 0 atom stereocenters. The normalized spacial score (nSPS) is 12.0. The van der Waals surface area contributed by atoms with Crippen molar-refractivity contribution in [1.82, 2.24) is 0 Å². The average molecular weight is 826 g/mol. The lowest BCUT2D eigenvalue weighted by Crippen LogP contribution is -2.34. The van der Waals surface area contributed by atoms with Crippen molar-refractivity contribution in [3.63, 3.8) is 0 Å². The van der Waals surface area contributed by atoms with Crippen molar-refractivity contribution in [3.05, 3.63) is 0 Å². The van der Waals surface area contributed by atoms with E-state index >= 15 is 0 Å². The molecule has 0 aliphatic rings.